The summed E-state index contributed by atoms with van der Waals surface area (Å²) in [5.41, 5.74) is 11.7. The molecule has 0 radical (unpaired) electrons. The van der Waals surface area contributed by atoms with Crippen molar-refractivity contribution in [2.24, 2.45) is 0 Å². The van der Waals surface area contributed by atoms with Crippen molar-refractivity contribution in [3.05, 3.63) is 179 Å². The van der Waals surface area contributed by atoms with E-state index in [-0.39, 0.29) is 0 Å². The molecule has 0 amide bonds. The van der Waals surface area contributed by atoms with E-state index in [2.05, 4.69) is 145 Å². The number of rotatable bonds is 3. The molecule has 0 saturated carbocycles. The third-order valence-corrected chi connectivity index (χ3v) is 10.5. The van der Waals surface area contributed by atoms with Crippen LogP contribution in [0, 0.1) is 0 Å². The molecule has 3 nitrogen and oxygen atoms in total. The van der Waals surface area contributed by atoms with Crippen molar-refractivity contribution in [3.8, 4) is 56.5 Å². The number of hydrogen-bond acceptors (Lipinski definition) is 4. The number of hydrogen-bond donors (Lipinski definition) is 0. The number of thiophene rings is 1. The van der Waals surface area contributed by atoms with E-state index >= 15 is 0 Å². The second kappa shape index (κ2) is 10.1. The Hall–Kier alpha value is -5.84. The zero-order valence-corrected chi connectivity index (χ0v) is 26.0. The number of fused-ring (bicyclic) bond motifs is 11. The Kier molecular flexibility index (Phi) is 5.66. The van der Waals surface area contributed by atoms with E-state index in [1.165, 1.54) is 32.3 Å². The molecular formula is C43H26N2OS. The molecule has 0 atom stereocenters. The molecule has 0 saturated heterocycles. The van der Waals surface area contributed by atoms with E-state index in [0.717, 1.165) is 50.7 Å². The van der Waals surface area contributed by atoms with E-state index in [4.69, 9.17) is 14.7 Å². The quantitative estimate of drug-likeness (QED) is 0.198. The summed E-state index contributed by atoms with van der Waals surface area (Å²) in [6, 6.07) is 53.6. The van der Waals surface area contributed by atoms with Crippen LogP contribution in [0.15, 0.2) is 157 Å². The summed E-state index contributed by atoms with van der Waals surface area (Å²) in [6.45, 7) is 0. The van der Waals surface area contributed by atoms with Gasteiger partial charge in [-0.1, -0.05) is 115 Å². The van der Waals surface area contributed by atoms with Crippen molar-refractivity contribution in [1.82, 2.24) is 9.97 Å². The minimum Gasteiger partial charge on any atom is -0.457 e. The zero-order valence-electron chi connectivity index (χ0n) is 25.2. The van der Waals surface area contributed by atoms with Gasteiger partial charge in [0.1, 0.15) is 11.5 Å². The Morgan fingerprint density at radius 1 is 0.489 bits per heavy atom. The summed E-state index contributed by atoms with van der Waals surface area (Å²) in [7, 11) is 0. The molecule has 1 aliphatic carbocycles. The molecule has 10 rings (SSSR count). The first-order valence-corrected chi connectivity index (χ1v) is 16.7. The maximum atomic E-state index is 6.55. The van der Waals surface area contributed by atoms with E-state index in [9.17, 15) is 0 Å². The Bertz CT molecular complexity index is 2400. The van der Waals surface area contributed by atoms with Gasteiger partial charge in [-0.25, -0.2) is 9.97 Å². The third kappa shape index (κ3) is 3.79. The van der Waals surface area contributed by atoms with E-state index in [0.29, 0.717) is 5.82 Å². The lowest BCUT2D eigenvalue weighted by molar-refractivity contribution is 0.436. The molecule has 6 aromatic carbocycles. The molecule has 3 heterocycles. The maximum Gasteiger partial charge on any atom is 0.160 e. The summed E-state index contributed by atoms with van der Waals surface area (Å²) in [6.07, 6.45) is 0. The van der Waals surface area contributed by atoms with E-state index in [1.807, 2.05) is 12.1 Å². The van der Waals surface area contributed by atoms with Crippen LogP contribution in [-0.4, -0.2) is 9.97 Å². The van der Waals surface area contributed by atoms with Crippen LogP contribution in [0.3, 0.4) is 0 Å². The number of para-hydroxylation sites is 2. The predicted molar refractivity (Wildman–Crippen MR) is 191 cm³/mol. The van der Waals surface area contributed by atoms with E-state index in [1.54, 1.807) is 11.3 Å². The first kappa shape index (κ1) is 26.4. The molecule has 0 N–H and O–H groups in total. The van der Waals surface area contributed by atoms with Crippen molar-refractivity contribution in [2.45, 2.75) is 5.41 Å². The molecule has 1 spiro atoms. The lowest BCUT2D eigenvalue weighted by atomic mass is 9.66. The molecule has 0 bridgehead atoms. The molecule has 2 aliphatic rings. The molecule has 220 valence electrons. The fraction of sp³-hybridized carbons (Fsp3) is 0.0233. The van der Waals surface area contributed by atoms with Gasteiger partial charge >= 0.3 is 0 Å². The van der Waals surface area contributed by atoms with Gasteiger partial charge in [-0.05, 0) is 64.0 Å². The van der Waals surface area contributed by atoms with Crippen LogP contribution >= 0.6 is 11.3 Å². The van der Waals surface area contributed by atoms with Gasteiger partial charge in [-0.2, -0.15) is 0 Å². The van der Waals surface area contributed by atoms with Crippen LogP contribution in [0.5, 0.6) is 11.5 Å². The lowest BCUT2D eigenvalue weighted by Gasteiger charge is -2.39. The summed E-state index contributed by atoms with van der Waals surface area (Å²) in [5, 5.41) is 3.47. The standard InChI is InChI=1S/C43H26N2OS/c1-3-11-27(12-4-1)36-26-37(28-13-5-2-6-14-28)45-42(44-36)29-19-20-32-31(25-29)41-30-23-24-47-40(30)22-21-35(41)43(32)33-15-7-9-17-38(33)46-39-18-10-8-16-34(39)43/h1-26H. The Balaban J connectivity index is 1.27. The third-order valence-electron chi connectivity index (χ3n) is 9.66. The summed E-state index contributed by atoms with van der Waals surface area (Å²) in [5.74, 6) is 2.50. The monoisotopic (exact) mass is 618 g/mol. The minimum atomic E-state index is -0.521. The van der Waals surface area contributed by atoms with Crippen molar-refractivity contribution >= 4 is 21.4 Å². The van der Waals surface area contributed by atoms with Gasteiger partial charge in [0.15, 0.2) is 5.82 Å². The van der Waals surface area contributed by atoms with Crippen LogP contribution in [0.1, 0.15) is 22.3 Å². The molecular weight excluding hydrogens is 593 g/mol. The fourth-order valence-electron chi connectivity index (χ4n) is 7.67. The Morgan fingerprint density at radius 2 is 1.09 bits per heavy atom. The number of benzene rings is 6. The van der Waals surface area contributed by atoms with Gasteiger partial charge in [0, 0.05) is 37.9 Å². The highest BCUT2D eigenvalue weighted by atomic mass is 32.1. The lowest BCUT2D eigenvalue weighted by Crippen LogP contribution is -2.32. The van der Waals surface area contributed by atoms with Crippen LogP contribution in [0.25, 0.3) is 55.1 Å². The summed E-state index contributed by atoms with van der Waals surface area (Å²) >= 11 is 1.78. The largest absolute Gasteiger partial charge is 0.457 e. The van der Waals surface area contributed by atoms with Crippen LogP contribution in [0.4, 0.5) is 0 Å². The SMILES string of the molecule is c1ccc(-c2cc(-c3ccccc3)nc(-c3ccc4c(c3)-c3c(ccc5sccc35)C43c4ccccc4Oc4ccccc43)n2)cc1. The number of ether oxygens (including phenoxy) is 1. The molecule has 0 unspecified atom stereocenters. The van der Waals surface area contributed by atoms with Gasteiger partial charge < -0.3 is 4.74 Å². The zero-order chi connectivity index (χ0) is 31.0. The summed E-state index contributed by atoms with van der Waals surface area (Å²) < 4.78 is 7.83. The maximum absolute atomic E-state index is 6.55. The van der Waals surface area contributed by atoms with Gasteiger partial charge in [0.25, 0.3) is 0 Å². The van der Waals surface area contributed by atoms with Crippen LogP contribution in [-0.2, 0) is 5.41 Å². The number of nitrogens with zero attached hydrogens (tertiary/aromatic N) is 2. The highest BCUT2D eigenvalue weighted by Crippen LogP contribution is 2.63. The smallest absolute Gasteiger partial charge is 0.160 e. The Labute approximate surface area is 276 Å². The van der Waals surface area contributed by atoms with E-state index < -0.39 is 5.41 Å². The molecule has 0 fully saturated rings. The molecule has 4 heteroatoms. The first-order valence-electron chi connectivity index (χ1n) is 15.8. The molecule has 1 aliphatic heterocycles. The second-order valence-electron chi connectivity index (χ2n) is 12.1. The van der Waals surface area contributed by atoms with Crippen molar-refractivity contribution in [3.63, 3.8) is 0 Å². The molecule has 2 aromatic heterocycles. The van der Waals surface area contributed by atoms with Crippen molar-refractivity contribution < 1.29 is 4.74 Å². The second-order valence-corrected chi connectivity index (χ2v) is 13.1. The van der Waals surface area contributed by atoms with Gasteiger partial charge in [0.05, 0.1) is 16.8 Å². The number of aromatic nitrogens is 2. The first-order chi connectivity index (χ1) is 23.3. The molecule has 8 aromatic rings. The van der Waals surface area contributed by atoms with Gasteiger partial charge in [-0.15, -0.1) is 11.3 Å². The highest BCUT2D eigenvalue weighted by Gasteiger charge is 2.51. The minimum absolute atomic E-state index is 0.521. The average molecular weight is 619 g/mol. The molecule has 47 heavy (non-hydrogen) atoms. The van der Waals surface area contributed by atoms with Crippen molar-refractivity contribution in [2.75, 3.05) is 0 Å². The topological polar surface area (TPSA) is 35.0 Å². The summed E-state index contributed by atoms with van der Waals surface area (Å²) in [4.78, 5) is 10.4. The van der Waals surface area contributed by atoms with Crippen molar-refractivity contribution in [1.29, 1.82) is 0 Å². The van der Waals surface area contributed by atoms with Gasteiger partial charge in [-0.3, -0.25) is 0 Å². The predicted octanol–water partition coefficient (Wildman–Crippen LogP) is 11.2. The average Bonchev–Trinajstić information content (AvgIpc) is 3.74. The van der Waals surface area contributed by atoms with Crippen LogP contribution < -0.4 is 4.74 Å². The fourth-order valence-corrected chi connectivity index (χ4v) is 8.47. The Morgan fingerprint density at radius 3 is 1.74 bits per heavy atom. The highest BCUT2D eigenvalue weighted by molar-refractivity contribution is 7.17. The van der Waals surface area contributed by atoms with Crippen LogP contribution in [0.2, 0.25) is 0 Å². The van der Waals surface area contributed by atoms with Gasteiger partial charge in [0.2, 0.25) is 0 Å². The normalized spacial score (nSPS) is 13.4.